The van der Waals surface area contributed by atoms with Gasteiger partial charge in [-0.2, -0.15) is 0 Å². The van der Waals surface area contributed by atoms with Crippen LogP contribution in [0.5, 0.6) is 0 Å². The van der Waals surface area contributed by atoms with Gasteiger partial charge in [-0.25, -0.2) is 0 Å². The summed E-state index contributed by atoms with van der Waals surface area (Å²) in [6.07, 6.45) is 3.68. The first-order valence-corrected chi connectivity index (χ1v) is 4.96. The molecule has 0 radical (unpaired) electrons. The van der Waals surface area contributed by atoms with Gasteiger partial charge in [0.25, 0.3) is 0 Å². The van der Waals surface area contributed by atoms with E-state index in [2.05, 4.69) is 35.9 Å². The number of para-hydroxylation sites is 1. The Bertz CT molecular complexity index is 515. The van der Waals surface area contributed by atoms with Crippen LogP contribution in [0.15, 0.2) is 31.0 Å². The van der Waals surface area contributed by atoms with Crippen LogP contribution in [-0.4, -0.2) is 12.0 Å². The Hall–Kier alpha value is -1.83. The van der Waals surface area contributed by atoms with Crippen molar-refractivity contribution >= 4 is 22.7 Å². The van der Waals surface area contributed by atoms with Gasteiger partial charge in [0, 0.05) is 24.2 Å². The highest BCUT2D eigenvalue weighted by Gasteiger charge is 2.06. The zero-order valence-corrected chi connectivity index (χ0v) is 9.04. The second kappa shape index (κ2) is 3.73. The first kappa shape index (κ1) is 9.71. The number of aromatic nitrogens is 1. The molecule has 1 N–H and O–H groups in total. The fourth-order valence-corrected chi connectivity index (χ4v) is 1.82. The van der Waals surface area contributed by atoms with Gasteiger partial charge in [-0.1, -0.05) is 30.9 Å². The lowest BCUT2D eigenvalue weighted by Gasteiger charge is -2.10. The van der Waals surface area contributed by atoms with E-state index in [1.165, 1.54) is 5.56 Å². The Morgan fingerprint density at radius 1 is 1.40 bits per heavy atom. The number of fused-ring (bicyclic) bond motifs is 1. The monoisotopic (exact) mass is 198 g/mol. The molecule has 0 fully saturated rings. The third-order valence-electron chi connectivity index (χ3n) is 2.60. The van der Waals surface area contributed by atoms with E-state index >= 15 is 0 Å². The van der Waals surface area contributed by atoms with Gasteiger partial charge in [0.05, 0.1) is 11.2 Å². The van der Waals surface area contributed by atoms with Crippen molar-refractivity contribution in [1.29, 1.82) is 0 Å². The molecule has 0 aliphatic heterocycles. The Morgan fingerprint density at radius 2 is 2.20 bits per heavy atom. The zero-order valence-electron chi connectivity index (χ0n) is 9.04. The molecule has 0 saturated heterocycles. The maximum absolute atomic E-state index is 4.45. The third kappa shape index (κ3) is 1.48. The summed E-state index contributed by atoms with van der Waals surface area (Å²) in [5.41, 5.74) is 4.38. The molecule has 1 aromatic heterocycles. The van der Waals surface area contributed by atoms with Crippen molar-refractivity contribution in [2.24, 2.45) is 0 Å². The van der Waals surface area contributed by atoms with Gasteiger partial charge < -0.3 is 5.32 Å². The van der Waals surface area contributed by atoms with Crippen LogP contribution in [0.1, 0.15) is 11.1 Å². The second-order valence-corrected chi connectivity index (χ2v) is 3.51. The number of rotatable bonds is 2. The van der Waals surface area contributed by atoms with Gasteiger partial charge in [-0.3, -0.25) is 4.98 Å². The zero-order chi connectivity index (χ0) is 10.8. The van der Waals surface area contributed by atoms with E-state index in [9.17, 15) is 0 Å². The summed E-state index contributed by atoms with van der Waals surface area (Å²) in [6.45, 7) is 5.86. The number of nitrogens with one attached hydrogen (secondary N) is 1. The molecule has 2 heteroatoms. The minimum Gasteiger partial charge on any atom is -0.387 e. The van der Waals surface area contributed by atoms with Crippen LogP contribution < -0.4 is 5.32 Å². The fourth-order valence-electron chi connectivity index (χ4n) is 1.82. The van der Waals surface area contributed by atoms with Crippen molar-refractivity contribution in [3.8, 4) is 0 Å². The minimum absolute atomic E-state index is 1.04. The summed E-state index contributed by atoms with van der Waals surface area (Å²) in [4.78, 5) is 4.45. The summed E-state index contributed by atoms with van der Waals surface area (Å²) < 4.78 is 0. The van der Waals surface area contributed by atoms with Crippen molar-refractivity contribution in [3.63, 3.8) is 0 Å². The van der Waals surface area contributed by atoms with Crippen LogP contribution in [0.3, 0.4) is 0 Å². The average Bonchev–Trinajstić information content (AvgIpc) is 2.28. The lowest BCUT2D eigenvalue weighted by Crippen LogP contribution is -1.95. The molecular weight excluding hydrogens is 184 g/mol. The molecule has 76 valence electrons. The molecule has 0 bridgehead atoms. The molecule has 0 aliphatic carbocycles. The van der Waals surface area contributed by atoms with Crippen LogP contribution in [0, 0.1) is 6.92 Å². The third-order valence-corrected chi connectivity index (χ3v) is 2.60. The SMILES string of the molecule is C=Cc1cnc2c(C)cccc2c1NC. The van der Waals surface area contributed by atoms with Crippen molar-refractivity contribution in [2.75, 3.05) is 12.4 Å². The van der Waals surface area contributed by atoms with E-state index in [4.69, 9.17) is 0 Å². The van der Waals surface area contributed by atoms with Gasteiger partial charge in [0.15, 0.2) is 0 Å². The Labute approximate surface area is 89.7 Å². The molecule has 1 heterocycles. The lowest BCUT2D eigenvalue weighted by atomic mass is 10.1. The fraction of sp³-hybridized carbons (Fsp3) is 0.154. The van der Waals surface area contributed by atoms with Gasteiger partial charge in [-0.15, -0.1) is 0 Å². The summed E-state index contributed by atoms with van der Waals surface area (Å²) >= 11 is 0. The van der Waals surface area contributed by atoms with Crippen LogP contribution in [-0.2, 0) is 0 Å². The Kier molecular flexibility index (Phi) is 2.42. The molecule has 15 heavy (non-hydrogen) atoms. The second-order valence-electron chi connectivity index (χ2n) is 3.51. The maximum atomic E-state index is 4.45. The van der Waals surface area contributed by atoms with Crippen molar-refractivity contribution in [2.45, 2.75) is 6.92 Å². The first-order chi connectivity index (χ1) is 7.27. The predicted octanol–water partition coefficient (Wildman–Crippen LogP) is 3.23. The van der Waals surface area contributed by atoms with E-state index in [-0.39, 0.29) is 0 Å². The van der Waals surface area contributed by atoms with E-state index in [0.717, 1.165) is 22.2 Å². The van der Waals surface area contributed by atoms with Gasteiger partial charge >= 0.3 is 0 Å². The molecule has 0 aliphatic rings. The topological polar surface area (TPSA) is 24.9 Å². The van der Waals surface area contributed by atoms with E-state index in [1.807, 2.05) is 25.4 Å². The summed E-state index contributed by atoms with van der Waals surface area (Å²) in [7, 11) is 1.92. The number of aryl methyl sites for hydroxylation is 1. The number of benzene rings is 1. The molecule has 0 unspecified atom stereocenters. The molecule has 0 spiro atoms. The molecule has 2 rings (SSSR count). The number of hydrogen-bond acceptors (Lipinski definition) is 2. The van der Waals surface area contributed by atoms with Gasteiger partial charge in [-0.05, 0) is 12.5 Å². The Morgan fingerprint density at radius 3 is 2.87 bits per heavy atom. The molecule has 0 atom stereocenters. The highest BCUT2D eigenvalue weighted by Crippen LogP contribution is 2.27. The lowest BCUT2D eigenvalue weighted by molar-refractivity contribution is 1.34. The number of nitrogens with zero attached hydrogens (tertiary/aromatic N) is 1. The highest BCUT2D eigenvalue weighted by molar-refractivity contribution is 5.96. The minimum atomic E-state index is 1.04. The molecule has 0 amide bonds. The highest BCUT2D eigenvalue weighted by atomic mass is 14.8. The van der Waals surface area contributed by atoms with Crippen molar-refractivity contribution in [1.82, 2.24) is 4.98 Å². The summed E-state index contributed by atoms with van der Waals surface area (Å²) in [5.74, 6) is 0. The van der Waals surface area contributed by atoms with Gasteiger partial charge in [0.1, 0.15) is 0 Å². The van der Waals surface area contributed by atoms with E-state index < -0.39 is 0 Å². The molecular formula is C13H14N2. The van der Waals surface area contributed by atoms with Crippen LogP contribution in [0.25, 0.3) is 17.0 Å². The van der Waals surface area contributed by atoms with Crippen LogP contribution >= 0.6 is 0 Å². The smallest absolute Gasteiger partial charge is 0.0752 e. The van der Waals surface area contributed by atoms with Crippen molar-refractivity contribution in [3.05, 3.63) is 42.1 Å². The number of pyridine rings is 1. The normalized spacial score (nSPS) is 10.3. The summed E-state index contributed by atoms with van der Waals surface area (Å²) in [6, 6.07) is 6.20. The largest absolute Gasteiger partial charge is 0.387 e. The van der Waals surface area contributed by atoms with Crippen molar-refractivity contribution < 1.29 is 0 Å². The van der Waals surface area contributed by atoms with E-state index in [0.29, 0.717) is 0 Å². The Balaban J connectivity index is 2.88. The molecule has 2 aromatic rings. The standard InChI is InChI=1S/C13H14N2/c1-4-10-8-15-12-9(2)6-5-7-11(12)13(10)14-3/h4-8H,1H2,2-3H3,(H,14,15). The molecule has 2 nitrogen and oxygen atoms in total. The number of hydrogen-bond donors (Lipinski definition) is 1. The quantitative estimate of drug-likeness (QED) is 0.801. The average molecular weight is 198 g/mol. The number of anilines is 1. The van der Waals surface area contributed by atoms with E-state index in [1.54, 1.807) is 0 Å². The van der Waals surface area contributed by atoms with Gasteiger partial charge in [0.2, 0.25) is 0 Å². The van der Waals surface area contributed by atoms with Crippen LogP contribution in [0.4, 0.5) is 5.69 Å². The predicted molar refractivity (Wildman–Crippen MR) is 66.1 cm³/mol. The molecule has 1 aromatic carbocycles. The summed E-state index contributed by atoms with van der Waals surface area (Å²) in [5, 5.41) is 4.35. The molecule has 0 saturated carbocycles. The first-order valence-electron chi connectivity index (χ1n) is 4.96. The maximum Gasteiger partial charge on any atom is 0.0752 e. The van der Waals surface area contributed by atoms with Crippen LogP contribution in [0.2, 0.25) is 0 Å².